The quantitative estimate of drug-likeness (QED) is 0.497. The number of nitro groups is 1. The van der Waals surface area contributed by atoms with E-state index in [2.05, 4.69) is 27.1 Å². The maximum Gasteiger partial charge on any atom is 0.287 e. The van der Waals surface area contributed by atoms with Crippen molar-refractivity contribution in [3.8, 4) is 0 Å². The summed E-state index contributed by atoms with van der Waals surface area (Å²) in [7, 11) is 0. The van der Waals surface area contributed by atoms with Gasteiger partial charge < -0.3 is 5.32 Å². The Kier molecular flexibility index (Phi) is 4.42. The van der Waals surface area contributed by atoms with E-state index in [0.29, 0.717) is 21.0 Å². The van der Waals surface area contributed by atoms with Gasteiger partial charge >= 0.3 is 0 Å². The summed E-state index contributed by atoms with van der Waals surface area (Å²) in [5, 5.41) is 22.8. The van der Waals surface area contributed by atoms with Gasteiger partial charge in [0.1, 0.15) is 11.2 Å². The predicted molar refractivity (Wildman–Crippen MR) is 73.6 cm³/mol. The molecule has 2 aromatic heterocycles. The summed E-state index contributed by atoms with van der Waals surface area (Å²) in [6.45, 7) is 4.22. The third kappa shape index (κ3) is 3.73. The highest BCUT2D eigenvalue weighted by Crippen LogP contribution is 2.31. The molecule has 0 atom stereocenters. The van der Waals surface area contributed by atoms with Crippen LogP contribution in [0.4, 0.5) is 10.8 Å². The van der Waals surface area contributed by atoms with Crippen molar-refractivity contribution in [3.63, 3.8) is 0 Å². The molecule has 19 heavy (non-hydrogen) atoms. The van der Waals surface area contributed by atoms with Gasteiger partial charge in [0.15, 0.2) is 4.34 Å². The van der Waals surface area contributed by atoms with E-state index >= 15 is 0 Å². The molecule has 7 nitrogen and oxygen atoms in total. The van der Waals surface area contributed by atoms with Crippen LogP contribution in [-0.2, 0) is 0 Å². The zero-order valence-corrected chi connectivity index (χ0v) is 11.3. The number of aromatic nitrogens is 3. The van der Waals surface area contributed by atoms with E-state index in [4.69, 9.17) is 0 Å². The van der Waals surface area contributed by atoms with Gasteiger partial charge in [-0.25, -0.2) is 4.98 Å². The third-order valence-corrected chi connectivity index (χ3v) is 3.81. The Morgan fingerprint density at radius 3 is 3.00 bits per heavy atom. The van der Waals surface area contributed by atoms with E-state index in [1.165, 1.54) is 35.4 Å². The van der Waals surface area contributed by atoms with Crippen molar-refractivity contribution in [2.75, 3.05) is 11.9 Å². The van der Waals surface area contributed by atoms with Crippen LogP contribution in [0, 0.1) is 10.1 Å². The van der Waals surface area contributed by atoms with Crippen molar-refractivity contribution in [2.24, 2.45) is 0 Å². The standard InChI is InChI=1S/C10H9N5O2S2/c1-2-5-11-9-13-14-10(19-9)18-8-4-3-7(6-12-8)15(16)17/h2-4,6H,1,5H2,(H,11,13). The average molecular weight is 295 g/mol. The van der Waals surface area contributed by atoms with Crippen LogP contribution in [0.2, 0.25) is 0 Å². The summed E-state index contributed by atoms with van der Waals surface area (Å²) in [6.07, 6.45) is 2.95. The molecular weight excluding hydrogens is 286 g/mol. The van der Waals surface area contributed by atoms with E-state index in [9.17, 15) is 10.1 Å². The molecular formula is C10H9N5O2S2. The second kappa shape index (κ2) is 6.25. The number of nitrogens with zero attached hydrogens (tertiary/aromatic N) is 4. The highest BCUT2D eigenvalue weighted by Gasteiger charge is 2.09. The second-order valence-electron chi connectivity index (χ2n) is 3.26. The summed E-state index contributed by atoms with van der Waals surface area (Å²) < 4.78 is 0.716. The van der Waals surface area contributed by atoms with Crippen LogP contribution in [0.15, 0.2) is 40.4 Å². The summed E-state index contributed by atoms with van der Waals surface area (Å²) in [5.74, 6) is 0. The lowest BCUT2D eigenvalue weighted by molar-refractivity contribution is -0.385. The van der Waals surface area contributed by atoms with Gasteiger partial charge in [-0.2, -0.15) is 0 Å². The summed E-state index contributed by atoms with van der Waals surface area (Å²) in [4.78, 5) is 14.0. The van der Waals surface area contributed by atoms with Gasteiger partial charge in [-0.3, -0.25) is 10.1 Å². The first-order chi connectivity index (χ1) is 9.19. The molecule has 0 aliphatic rings. The first-order valence-electron chi connectivity index (χ1n) is 5.15. The SMILES string of the molecule is C=CCNc1nnc(Sc2ccc([N+](=O)[O-])cn2)s1. The molecule has 0 aliphatic heterocycles. The molecule has 0 aliphatic carbocycles. The van der Waals surface area contributed by atoms with Crippen LogP contribution in [0.5, 0.6) is 0 Å². The molecule has 0 spiro atoms. The minimum Gasteiger partial charge on any atom is -0.357 e. The van der Waals surface area contributed by atoms with Crippen molar-refractivity contribution in [1.82, 2.24) is 15.2 Å². The Bertz CT molecular complexity index is 584. The molecule has 1 N–H and O–H groups in total. The highest BCUT2D eigenvalue weighted by molar-refractivity contribution is 8.01. The molecule has 0 bridgehead atoms. The van der Waals surface area contributed by atoms with Gasteiger partial charge in [0.2, 0.25) is 5.13 Å². The van der Waals surface area contributed by atoms with Crippen LogP contribution >= 0.6 is 23.1 Å². The molecule has 0 unspecified atom stereocenters. The lowest BCUT2D eigenvalue weighted by atomic mass is 10.4. The number of rotatable bonds is 6. The average Bonchev–Trinajstić information content (AvgIpc) is 2.84. The van der Waals surface area contributed by atoms with E-state index < -0.39 is 4.92 Å². The Labute approximate surface area is 116 Å². The molecule has 0 aromatic carbocycles. The number of hydrogen-bond donors (Lipinski definition) is 1. The minimum absolute atomic E-state index is 0.0325. The molecule has 0 amide bonds. The number of hydrogen-bond acceptors (Lipinski definition) is 8. The van der Waals surface area contributed by atoms with Gasteiger partial charge in [0.05, 0.1) is 4.92 Å². The first-order valence-corrected chi connectivity index (χ1v) is 6.79. The maximum atomic E-state index is 10.5. The Morgan fingerprint density at radius 2 is 2.37 bits per heavy atom. The highest BCUT2D eigenvalue weighted by atomic mass is 32.2. The number of anilines is 1. The van der Waals surface area contributed by atoms with Gasteiger partial charge in [0, 0.05) is 12.6 Å². The van der Waals surface area contributed by atoms with Crippen LogP contribution in [-0.4, -0.2) is 26.6 Å². The normalized spacial score (nSPS) is 10.1. The lowest BCUT2D eigenvalue weighted by Gasteiger charge is -1.95. The second-order valence-corrected chi connectivity index (χ2v) is 5.50. The molecule has 0 fully saturated rings. The summed E-state index contributed by atoms with van der Waals surface area (Å²) in [5.41, 5.74) is -0.0325. The van der Waals surface area contributed by atoms with Gasteiger partial charge in [0.25, 0.3) is 5.69 Å². The van der Waals surface area contributed by atoms with E-state index in [1.54, 1.807) is 12.1 Å². The van der Waals surface area contributed by atoms with Gasteiger partial charge in [-0.15, -0.1) is 16.8 Å². The lowest BCUT2D eigenvalue weighted by Crippen LogP contribution is -1.96. The Hall–Kier alpha value is -2.00. The first kappa shape index (κ1) is 13.4. The third-order valence-electron chi connectivity index (χ3n) is 1.93. The monoisotopic (exact) mass is 295 g/mol. The Morgan fingerprint density at radius 1 is 1.53 bits per heavy atom. The van der Waals surface area contributed by atoms with E-state index in [0.717, 1.165) is 0 Å². The molecule has 0 saturated carbocycles. The fourth-order valence-corrected chi connectivity index (χ4v) is 2.76. The molecule has 0 radical (unpaired) electrons. The van der Waals surface area contributed by atoms with Crippen LogP contribution in [0.1, 0.15) is 0 Å². The molecule has 2 aromatic rings. The topological polar surface area (TPSA) is 93.8 Å². The van der Waals surface area contributed by atoms with Crippen molar-refractivity contribution >= 4 is 33.9 Å². The fraction of sp³-hybridized carbons (Fsp3) is 0.100. The summed E-state index contributed by atoms with van der Waals surface area (Å²) in [6, 6.07) is 2.99. The van der Waals surface area contributed by atoms with Crippen molar-refractivity contribution in [1.29, 1.82) is 0 Å². The molecule has 0 saturated heterocycles. The molecule has 9 heteroatoms. The van der Waals surface area contributed by atoms with Crippen molar-refractivity contribution < 1.29 is 4.92 Å². The van der Waals surface area contributed by atoms with Gasteiger partial charge in [-0.05, 0) is 17.8 Å². The van der Waals surface area contributed by atoms with Gasteiger partial charge in [-0.1, -0.05) is 17.4 Å². The van der Waals surface area contributed by atoms with Crippen LogP contribution < -0.4 is 5.32 Å². The van der Waals surface area contributed by atoms with Crippen LogP contribution in [0.3, 0.4) is 0 Å². The van der Waals surface area contributed by atoms with E-state index in [1.807, 2.05) is 0 Å². The zero-order valence-electron chi connectivity index (χ0n) is 9.65. The largest absolute Gasteiger partial charge is 0.357 e. The smallest absolute Gasteiger partial charge is 0.287 e. The van der Waals surface area contributed by atoms with Crippen molar-refractivity contribution in [2.45, 2.75) is 9.37 Å². The zero-order chi connectivity index (χ0) is 13.7. The minimum atomic E-state index is -0.482. The number of pyridine rings is 1. The van der Waals surface area contributed by atoms with E-state index in [-0.39, 0.29) is 5.69 Å². The molecule has 2 heterocycles. The Balaban J connectivity index is 2.02. The molecule has 2 rings (SSSR count). The fourth-order valence-electron chi connectivity index (χ4n) is 1.11. The van der Waals surface area contributed by atoms with Crippen LogP contribution in [0.25, 0.3) is 0 Å². The number of nitrogens with one attached hydrogen (secondary N) is 1. The summed E-state index contributed by atoms with van der Waals surface area (Å²) >= 11 is 2.69. The van der Waals surface area contributed by atoms with Crippen molar-refractivity contribution in [3.05, 3.63) is 41.1 Å². The molecule has 98 valence electrons. The maximum absolute atomic E-state index is 10.5. The predicted octanol–water partition coefficient (Wildman–Crippen LogP) is 2.59.